The lowest BCUT2D eigenvalue weighted by molar-refractivity contribution is 0.260. The second kappa shape index (κ2) is 0.947. The van der Waals surface area contributed by atoms with Gasteiger partial charge in [-0.05, 0) is 13.5 Å². The highest BCUT2D eigenvalue weighted by Gasteiger charge is 2.82. The van der Waals surface area contributed by atoms with Crippen LogP contribution in [-0.2, 0) is 0 Å². The van der Waals surface area contributed by atoms with Crippen LogP contribution >= 0.6 is 0 Å². The van der Waals surface area contributed by atoms with Gasteiger partial charge in [-0.3, -0.25) is 0 Å². The van der Waals surface area contributed by atoms with Gasteiger partial charge in [-0.2, -0.15) is 0 Å². The highest BCUT2D eigenvalue weighted by molar-refractivity contribution is 5.31. The van der Waals surface area contributed by atoms with E-state index in [0.717, 1.165) is 13.0 Å². The molecule has 2 heterocycles. The molecule has 0 aromatic heterocycles. The van der Waals surface area contributed by atoms with Crippen LogP contribution in [0.2, 0.25) is 0 Å². The first-order chi connectivity index (χ1) is 4.26. The highest BCUT2D eigenvalue weighted by Crippen LogP contribution is 2.74. The zero-order valence-corrected chi connectivity index (χ0v) is 5.47. The maximum Gasteiger partial charge on any atom is 0.112 e. The SMILES string of the molecule is CN1CC23C[C@@H]1C2[C@H]3F. The van der Waals surface area contributed by atoms with E-state index in [1.807, 2.05) is 0 Å². The third-order valence-corrected chi connectivity index (χ3v) is 3.53. The monoisotopic (exact) mass is 127 g/mol. The topological polar surface area (TPSA) is 3.24 Å². The molecule has 0 aromatic carbocycles. The fourth-order valence-corrected chi connectivity index (χ4v) is 2.92. The van der Waals surface area contributed by atoms with Crippen LogP contribution in [0.25, 0.3) is 0 Å². The van der Waals surface area contributed by atoms with E-state index >= 15 is 0 Å². The molecule has 2 aliphatic carbocycles. The van der Waals surface area contributed by atoms with Crippen LogP contribution in [0.3, 0.4) is 0 Å². The number of alkyl halides is 1. The van der Waals surface area contributed by atoms with Crippen molar-refractivity contribution in [1.82, 2.24) is 4.90 Å². The summed E-state index contributed by atoms with van der Waals surface area (Å²) in [4.78, 5) is 2.31. The molecule has 1 spiro atoms. The van der Waals surface area contributed by atoms with Gasteiger partial charge in [0, 0.05) is 23.9 Å². The summed E-state index contributed by atoms with van der Waals surface area (Å²) in [7, 11) is 2.11. The Labute approximate surface area is 53.8 Å². The molecule has 2 saturated carbocycles. The summed E-state index contributed by atoms with van der Waals surface area (Å²) >= 11 is 0. The molecule has 9 heavy (non-hydrogen) atoms. The Kier molecular flexibility index (Phi) is 0.491. The maximum absolute atomic E-state index is 12.8. The van der Waals surface area contributed by atoms with Crippen molar-refractivity contribution in [3.63, 3.8) is 0 Å². The maximum atomic E-state index is 12.8. The first-order valence-corrected chi connectivity index (χ1v) is 3.60. The lowest BCUT2D eigenvalue weighted by Gasteiger charge is -2.21. The quantitative estimate of drug-likeness (QED) is 0.462. The summed E-state index contributed by atoms with van der Waals surface area (Å²) in [6.07, 6.45) is 0.730. The van der Waals surface area contributed by atoms with Gasteiger partial charge in [0.2, 0.25) is 0 Å². The Morgan fingerprint density at radius 2 is 2.44 bits per heavy atom. The first-order valence-electron chi connectivity index (χ1n) is 3.60. The van der Waals surface area contributed by atoms with Crippen LogP contribution in [0.15, 0.2) is 0 Å². The molecular weight excluding hydrogens is 117 g/mol. The molecule has 0 amide bonds. The Hall–Kier alpha value is -0.110. The van der Waals surface area contributed by atoms with Crippen molar-refractivity contribution in [1.29, 1.82) is 0 Å². The fourth-order valence-electron chi connectivity index (χ4n) is 2.92. The van der Waals surface area contributed by atoms with Crippen molar-refractivity contribution in [2.45, 2.75) is 18.6 Å². The summed E-state index contributed by atoms with van der Waals surface area (Å²) in [5.74, 6) is 0.461. The number of rotatable bonds is 0. The van der Waals surface area contributed by atoms with Crippen LogP contribution < -0.4 is 0 Å². The van der Waals surface area contributed by atoms with E-state index in [4.69, 9.17) is 0 Å². The second-order valence-corrected chi connectivity index (χ2v) is 3.85. The molecule has 0 radical (unpaired) electrons. The summed E-state index contributed by atoms with van der Waals surface area (Å²) in [6, 6.07) is 0.625. The van der Waals surface area contributed by atoms with Crippen LogP contribution in [0.4, 0.5) is 4.39 Å². The largest absolute Gasteiger partial charge is 0.302 e. The van der Waals surface area contributed by atoms with Gasteiger partial charge in [0.25, 0.3) is 0 Å². The van der Waals surface area contributed by atoms with Crippen molar-refractivity contribution < 1.29 is 4.39 Å². The minimum absolute atomic E-state index is 0.194. The Bertz CT molecular complexity index is 178. The predicted molar refractivity (Wildman–Crippen MR) is 31.9 cm³/mol. The molecule has 50 valence electrons. The number of halogens is 1. The zero-order valence-electron chi connectivity index (χ0n) is 5.47. The van der Waals surface area contributed by atoms with E-state index in [1.165, 1.54) is 0 Å². The standard InChI is InChI=1S/C7H10FN/c1-9-3-7-2-4(9)5(7)6(7)8/h4-6H,2-3H2,1H3/t4-,5?,6-,7?/m1/s1. The zero-order chi connectivity index (χ0) is 6.22. The molecule has 4 atom stereocenters. The average molecular weight is 127 g/mol. The van der Waals surface area contributed by atoms with Crippen molar-refractivity contribution in [2.75, 3.05) is 13.6 Å². The van der Waals surface area contributed by atoms with Gasteiger partial charge in [0.1, 0.15) is 6.17 Å². The smallest absolute Gasteiger partial charge is 0.112 e. The molecule has 4 aliphatic rings. The molecule has 2 heteroatoms. The van der Waals surface area contributed by atoms with E-state index in [0.29, 0.717) is 12.0 Å². The van der Waals surface area contributed by atoms with Crippen LogP contribution in [0, 0.1) is 11.3 Å². The van der Waals surface area contributed by atoms with Gasteiger partial charge in [-0.1, -0.05) is 0 Å². The van der Waals surface area contributed by atoms with Gasteiger partial charge in [0.15, 0.2) is 0 Å². The molecule has 4 rings (SSSR count). The second-order valence-electron chi connectivity index (χ2n) is 3.85. The normalized spacial score (nSPS) is 69.3. The van der Waals surface area contributed by atoms with Crippen LogP contribution in [-0.4, -0.2) is 30.7 Å². The summed E-state index contributed by atoms with van der Waals surface area (Å²) in [5, 5.41) is 0. The van der Waals surface area contributed by atoms with Crippen molar-refractivity contribution in [3.05, 3.63) is 0 Å². The summed E-state index contributed by atoms with van der Waals surface area (Å²) in [5.41, 5.74) is 0.194. The fraction of sp³-hybridized carbons (Fsp3) is 1.00. The Balaban J connectivity index is 1.99. The molecule has 1 nitrogen and oxygen atoms in total. The number of piperidine rings is 1. The molecule has 2 unspecified atom stereocenters. The minimum Gasteiger partial charge on any atom is -0.302 e. The number of hydrogen-bond acceptors (Lipinski definition) is 1. The lowest BCUT2D eigenvalue weighted by atomic mass is 9.86. The summed E-state index contributed by atoms with van der Waals surface area (Å²) in [6.45, 7) is 1.03. The first kappa shape index (κ1) is 4.67. The van der Waals surface area contributed by atoms with Gasteiger partial charge < -0.3 is 4.90 Å². The number of hydrogen-bond donors (Lipinski definition) is 0. The predicted octanol–water partition coefficient (Wildman–Crippen LogP) is 0.658. The molecule has 2 saturated heterocycles. The number of nitrogens with zero attached hydrogens (tertiary/aromatic N) is 1. The van der Waals surface area contributed by atoms with Gasteiger partial charge >= 0.3 is 0 Å². The van der Waals surface area contributed by atoms with Gasteiger partial charge in [-0.15, -0.1) is 0 Å². The Morgan fingerprint density at radius 1 is 1.67 bits per heavy atom. The van der Waals surface area contributed by atoms with Gasteiger partial charge in [0.05, 0.1) is 0 Å². The number of fused-ring (bicyclic) bond motifs is 1. The molecule has 0 N–H and O–H groups in total. The van der Waals surface area contributed by atoms with Gasteiger partial charge in [-0.25, -0.2) is 4.39 Å². The van der Waals surface area contributed by atoms with E-state index in [2.05, 4.69) is 11.9 Å². The highest BCUT2D eigenvalue weighted by atomic mass is 19.1. The molecular formula is C7H10FN. The van der Waals surface area contributed by atoms with E-state index in [9.17, 15) is 4.39 Å². The molecule has 2 bridgehead atoms. The minimum atomic E-state index is -0.418. The Morgan fingerprint density at radius 3 is 2.78 bits per heavy atom. The molecule has 0 aromatic rings. The van der Waals surface area contributed by atoms with E-state index < -0.39 is 6.17 Å². The third-order valence-electron chi connectivity index (χ3n) is 3.53. The average Bonchev–Trinajstić information content (AvgIpc) is 2.19. The van der Waals surface area contributed by atoms with Crippen molar-refractivity contribution >= 4 is 0 Å². The van der Waals surface area contributed by atoms with Crippen LogP contribution in [0.1, 0.15) is 6.42 Å². The van der Waals surface area contributed by atoms with E-state index in [-0.39, 0.29) is 5.41 Å². The molecule has 2 aliphatic heterocycles. The lowest BCUT2D eigenvalue weighted by Crippen LogP contribution is -2.28. The van der Waals surface area contributed by atoms with Crippen LogP contribution in [0.5, 0.6) is 0 Å². The molecule has 4 fully saturated rings. The van der Waals surface area contributed by atoms with Crippen molar-refractivity contribution in [2.24, 2.45) is 11.3 Å². The van der Waals surface area contributed by atoms with E-state index in [1.54, 1.807) is 0 Å². The third kappa shape index (κ3) is 0.269. The van der Waals surface area contributed by atoms with Crippen molar-refractivity contribution in [3.8, 4) is 0 Å². The summed E-state index contributed by atoms with van der Waals surface area (Å²) < 4.78 is 12.8.